The molecule has 2 aromatic rings. The van der Waals surface area contributed by atoms with Crippen LogP contribution in [0.3, 0.4) is 0 Å². The van der Waals surface area contributed by atoms with Gasteiger partial charge in [0.05, 0.1) is 0 Å². The Hall–Kier alpha value is -2.56. The molecule has 0 saturated heterocycles. The molecule has 5 nitrogen and oxygen atoms in total. The highest BCUT2D eigenvalue weighted by atomic mass is 16.4. The average Bonchev–Trinajstić information content (AvgIpc) is 2.86. The Labute approximate surface area is 103 Å². The fourth-order valence-electron chi connectivity index (χ4n) is 1.55. The van der Waals surface area contributed by atoms with Crippen LogP contribution in [0.25, 0.3) is 11.3 Å². The summed E-state index contributed by atoms with van der Waals surface area (Å²) in [6.45, 7) is 0. The van der Waals surface area contributed by atoms with Gasteiger partial charge in [0.1, 0.15) is 5.76 Å². The second-order valence-electron chi connectivity index (χ2n) is 3.71. The number of anilines is 1. The lowest BCUT2D eigenvalue weighted by molar-refractivity contribution is 0.110. The van der Waals surface area contributed by atoms with Crippen LogP contribution in [0.4, 0.5) is 10.5 Å². The Bertz CT molecular complexity index is 588. The Kier molecular flexibility index (Phi) is 3.14. The van der Waals surface area contributed by atoms with Gasteiger partial charge in [-0.15, -0.1) is 0 Å². The van der Waals surface area contributed by atoms with Crippen LogP contribution in [0.15, 0.2) is 40.8 Å². The summed E-state index contributed by atoms with van der Waals surface area (Å²) in [5, 5.41) is 8.90. The summed E-state index contributed by atoms with van der Waals surface area (Å²) in [6, 6.07) is 10.1. The number of carboxylic acid groups (broad SMARTS) is 1. The smallest absolute Gasteiger partial charge is 0.411 e. The summed E-state index contributed by atoms with van der Waals surface area (Å²) in [6.07, 6.45) is -0.420. The number of carbonyl (C=O) groups is 2. The van der Waals surface area contributed by atoms with Gasteiger partial charge in [0.15, 0.2) is 12.0 Å². The molecule has 1 amide bonds. The van der Waals surface area contributed by atoms with Crippen molar-refractivity contribution in [3.8, 4) is 11.3 Å². The van der Waals surface area contributed by atoms with Gasteiger partial charge in [-0.1, -0.05) is 12.1 Å². The van der Waals surface area contributed by atoms with E-state index in [1.165, 1.54) is 7.05 Å². The molecule has 1 aromatic heterocycles. The number of furan rings is 1. The number of rotatable bonds is 3. The number of aldehydes is 1. The molecule has 0 bridgehead atoms. The lowest BCUT2D eigenvalue weighted by Crippen LogP contribution is -2.23. The molecule has 0 fully saturated rings. The number of nitrogens with zero attached hydrogens (tertiary/aromatic N) is 1. The van der Waals surface area contributed by atoms with Crippen LogP contribution >= 0.6 is 0 Å². The van der Waals surface area contributed by atoms with Gasteiger partial charge in [0.25, 0.3) is 0 Å². The fraction of sp³-hybridized carbons (Fsp3) is 0.0769. The van der Waals surface area contributed by atoms with Gasteiger partial charge >= 0.3 is 6.09 Å². The first-order chi connectivity index (χ1) is 8.61. The third-order valence-corrected chi connectivity index (χ3v) is 2.55. The fourth-order valence-corrected chi connectivity index (χ4v) is 1.55. The summed E-state index contributed by atoms with van der Waals surface area (Å²) in [5.41, 5.74) is 1.25. The van der Waals surface area contributed by atoms with Crippen molar-refractivity contribution in [3.05, 3.63) is 42.2 Å². The summed E-state index contributed by atoms with van der Waals surface area (Å²) in [4.78, 5) is 22.5. The van der Waals surface area contributed by atoms with E-state index in [0.29, 0.717) is 23.3 Å². The standard InChI is InChI=1S/C13H11NO4/c1-14(13(16)17)10-4-2-3-9(7-10)12-6-5-11(8-15)18-12/h2-8H,1H3,(H,16,17). The minimum absolute atomic E-state index is 0.238. The maximum atomic E-state index is 10.9. The molecule has 0 atom stereocenters. The predicted octanol–water partition coefficient (Wildman–Crippen LogP) is 2.87. The van der Waals surface area contributed by atoms with E-state index in [0.717, 1.165) is 4.90 Å². The molecule has 0 saturated carbocycles. The van der Waals surface area contributed by atoms with E-state index in [1.54, 1.807) is 36.4 Å². The second kappa shape index (κ2) is 4.75. The van der Waals surface area contributed by atoms with Crippen LogP contribution in [0.2, 0.25) is 0 Å². The Balaban J connectivity index is 2.37. The van der Waals surface area contributed by atoms with Crippen molar-refractivity contribution in [1.29, 1.82) is 0 Å². The molecule has 5 heteroatoms. The zero-order chi connectivity index (χ0) is 13.1. The highest BCUT2D eigenvalue weighted by Gasteiger charge is 2.10. The summed E-state index contributed by atoms with van der Waals surface area (Å²) in [5.74, 6) is 0.764. The molecule has 0 aliphatic carbocycles. The van der Waals surface area contributed by atoms with Crippen LogP contribution in [-0.4, -0.2) is 24.5 Å². The van der Waals surface area contributed by atoms with Crippen molar-refractivity contribution < 1.29 is 19.1 Å². The van der Waals surface area contributed by atoms with E-state index in [4.69, 9.17) is 9.52 Å². The third kappa shape index (κ3) is 2.24. The van der Waals surface area contributed by atoms with Crippen LogP contribution in [0.1, 0.15) is 10.6 Å². The van der Waals surface area contributed by atoms with E-state index in [9.17, 15) is 9.59 Å². The van der Waals surface area contributed by atoms with Crippen LogP contribution in [0, 0.1) is 0 Å². The predicted molar refractivity (Wildman–Crippen MR) is 66.0 cm³/mol. The quantitative estimate of drug-likeness (QED) is 0.844. The minimum atomic E-state index is -1.04. The second-order valence-corrected chi connectivity index (χ2v) is 3.71. The molecule has 92 valence electrons. The summed E-state index contributed by atoms with van der Waals surface area (Å²) >= 11 is 0. The topological polar surface area (TPSA) is 70.8 Å². The van der Waals surface area contributed by atoms with Gasteiger partial charge in [-0.05, 0) is 24.3 Å². The van der Waals surface area contributed by atoms with Crippen LogP contribution < -0.4 is 4.90 Å². The monoisotopic (exact) mass is 245 g/mol. The molecule has 1 N–H and O–H groups in total. The van der Waals surface area contributed by atoms with Crippen molar-refractivity contribution in [2.75, 3.05) is 11.9 Å². The van der Waals surface area contributed by atoms with Gasteiger partial charge in [0.2, 0.25) is 0 Å². The number of carbonyl (C=O) groups excluding carboxylic acids is 1. The number of hydrogen-bond donors (Lipinski definition) is 1. The molecule has 1 aromatic carbocycles. The van der Waals surface area contributed by atoms with Gasteiger partial charge in [-0.3, -0.25) is 9.69 Å². The van der Waals surface area contributed by atoms with E-state index in [1.807, 2.05) is 0 Å². The van der Waals surface area contributed by atoms with Gasteiger partial charge in [-0.2, -0.15) is 0 Å². The zero-order valence-corrected chi connectivity index (χ0v) is 9.66. The molecule has 0 radical (unpaired) electrons. The van der Waals surface area contributed by atoms with Gasteiger partial charge < -0.3 is 9.52 Å². The van der Waals surface area contributed by atoms with Crippen molar-refractivity contribution in [2.24, 2.45) is 0 Å². The van der Waals surface area contributed by atoms with E-state index >= 15 is 0 Å². The maximum Gasteiger partial charge on any atom is 0.411 e. The van der Waals surface area contributed by atoms with Gasteiger partial charge in [0, 0.05) is 18.3 Å². The largest absolute Gasteiger partial charge is 0.465 e. The van der Waals surface area contributed by atoms with Crippen molar-refractivity contribution in [1.82, 2.24) is 0 Å². The lowest BCUT2D eigenvalue weighted by Gasteiger charge is -2.13. The summed E-state index contributed by atoms with van der Waals surface area (Å²) in [7, 11) is 1.46. The average molecular weight is 245 g/mol. The third-order valence-electron chi connectivity index (χ3n) is 2.55. The zero-order valence-electron chi connectivity index (χ0n) is 9.66. The molecule has 0 spiro atoms. The Morgan fingerprint density at radius 2 is 2.11 bits per heavy atom. The normalized spacial score (nSPS) is 10.1. The SMILES string of the molecule is CN(C(=O)O)c1cccc(-c2ccc(C=O)o2)c1. The molecule has 0 aliphatic rings. The van der Waals surface area contributed by atoms with Crippen molar-refractivity contribution in [3.63, 3.8) is 0 Å². The van der Waals surface area contributed by atoms with Crippen LogP contribution in [-0.2, 0) is 0 Å². The molecule has 0 aliphatic heterocycles. The highest BCUT2D eigenvalue weighted by Crippen LogP contribution is 2.25. The van der Waals surface area contributed by atoms with Crippen molar-refractivity contribution in [2.45, 2.75) is 0 Å². The number of hydrogen-bond acceptors (Lipinski definition) is 3. The van der Waals surface area contributed by atoms with E-state index < -0.39 is 6.09 Å². The van der Waals surface area contributed by atoms with E-state index in [-0.39, 0.29) is 5.76 Å². The number of amides is 1. The molecule has 18 heavy (non-hydrogen) atoms. The minimum Gasteiger partial charge on any atom is -0.465 e. The van der Waals surface area contributed by atoms with E-state index in [2.05, 4.69) is 0 Å². The van der Waals surface area contributed by atoms with Gasteiger partial charge in [-0.25, -0.2) is 4.79 Å². The first kappa shape index (κ1) is 11.9. The Morgan fingerprint density at radius 1 is 1.33 bits per heavy atom. The summed E-state index contributed by atoms with van der Waals surface area (Å²) < 4.78 is 5.28. The molecular formula is C13H11NO4. The molecule has 0 unspecified atom stereocenters. The molecule has 1 heterocycles. The first-order valence-electron chi connectivity index (χ1n) is 5.24. The van der Waals surface area contributed by atoms with Crippen LogP contribution in [0.5, 0.6) is 0 Å². The molecule has 2 rings (SSSR count). The molecular weight excluding hydrogens is 234 g/mol. The highest BCUT2D eigenvalue weighted by molar-refractivity contribution is 5.86. The maximum absolute atomic E-state index is 10.9. The van der Waals surface area contributed by atoms with Crippen molar-refractivity contribution >= 4 is 18.1 Å². The lowest BCUT2D eigenvalue weighted by atomic mass is 10.1. The number of benzene rings is 1. The first-order valence-corrected chi connectivity index (χ1v) is 5.24. The Morgan fingerprint density at radius 3 is 2.72 bits per heavy atom.